The smallest absolute Gasteiger partial charge is 0.222 e. The standard InChI is InChI=1S/C12H22N4O/c1-9(2)10-11(13)14-8-15-12(10)17-7-5-6-16(3)4/h8-9H,5-7H2,1-4H3,(H2,13,14,15). The molecule has 0 bridgehead atoms. The van der Waals surface area contributed by atoms with Crippen molar-refractivity contribution in [2.24, 2.45) is 0 Å². The first-order valence-corrected chi connectivity index (χ1v) is 5.90. The second kappa shape index (κ2) is 6.39. The quantitative estimate of drug-likeness (QED) is 0.761. The Bertz CT molecular complexity index is 352. The normalized spacial score (nSPS) is 11.2. The van der Waals surface area contributed by atoms with E-state index in [-0.39, 0.29) is 5.92 Å². The topological polar surface area (TPSA) is 64.3 Å². The van der Waals surface area contributed by atoms with Crippen molar-refractivity contribution in [3.8, 4) is 5.88 Å². The predicted octanol–water partition coefficient (Wildman–Crippen LogP) is 1.51. The summed E-state index contributed by atoms with van der Waals surface area (Å²) in [5.74, 6) is 1.39. The van der Waals surface area contributed by atoms with E-state index < -0.39 is 0 Å². The fourth-order valence-corrected chi connectivity index (χ4v) is 1.60. The van der Waals surface area contributed by atoms with Gasteiger partial charge in [-0.2, -0.15) is 0 Å². The number of hydrogen-bond donors (Lipinski definition) is 1. The Balaban J connectivity index is 2.61. The Kier molecular flexibility index (Phi) is 5.15. The number of aromatic nitrogens is 2. The molecule has 0 fully saturated rings. The zero-order chi connectivity index (χ0) is 12.8. The molecule has 0 saturated heterocycles. The van der Waals surface area contributed by atoms with Gasteiger partial charge in [-0.05, 0) is 26.4 Å². The highest BCUT2D eigenvalue weighted by Gasteiger charge is 2.13. The Hall–Kier alpha value is -1.36. The summed E-state index contributed by atoms with van der Waals surface area (Å²) in [4.78, 5) is 10.3. The first-order chi connectivity index (χ1) is 8.02. The van der Waals surface area contributed by atoms with E-state index in [1.165, 1.54) is 6.33 Å². The molecule has 0 unspecified atom stereocenters. The highest BCUT2D eigenvalue weighted by Crippen LogP contribution is 2.27. The number of nitrogen functional groups attached to an aromatic ring is 1. The van der Waals surface area contributed by atoms with Crippen molar-refractivity contribution in [3.63, 3.8) is 0 Å². The van der Waals surface area contributed by atoms with Crippen molar-refractivity contribution in [2.45, 2.75) is 26.2 Å². The number of rotatable bonds is 6. The molecule has 0 aromatic carbocycles. The van der Waals surface area contributed by atoms with Gasteiger partial charge in [-0.25, -0.2) is 9.97 Å². The zero-order valence-electron chi connectivity index (χ0n) is 11.1. The van der Waals surface area contributed by atoms with Crippen LogP contribution in [0.15, 0.2) is 6.33 Å². The highest BCUT2D eigenvalue weighted by atomic mass is 16.5. The third kappa shape index (κ3) is 4.19. The van der Waals surface area contributed by atoms with Gasteiger partial charge in [-0.15, -0.1) is 0 Å². The summed E-state index contributed by atoms with van der Waals surface area (Å²) in [6.07, 6.45) is 2.41. The minimum Gasteiger partial charge on any atom is -0.477 e. The van der Waals surface area contributed by atoms with Gasteiger partial charge in [-0.1, -0.05) is 13.8 Å². The first kappa shape index (κ1) is 13.7. The minimum atomic E-state index is 0.264. The molecule has 0 radical (unpaired) electrons. The van der Waals surface area contributed by atoms with Crippen LogP contribution in [-0.4, -0.2) is 42.1 Å². The van der Waals surface area contributed by atoms with Crippen molar-refractivity contribution in [3.05, 3.63) is 11.9 Å². The van der Waals surface area contributed by atoms with E-state index in [9.17, 15) is 0 Å². The monoisotopic (exact) mass is 238 g/mol. The third-order valence-corrected chi connectivity index (χ3v) is 2.44. The van der Waals surface area contributed by atoms with E-state index in [0.717, 1.165) is 18.5 Å². The number of anilines is 1. The van der Waals surface area contributed by atoms with E-state index >= 15 is 0 Å². The molecular formula is C12H22N4O. The summed E-state index contributed by atoms with van der Waals surface area (Å²) in [6, 6.07) is 0. The number of hydrogen-bond acceptors (Lipinski definition) is 5. The SMILES string of the molecule is CC(C)c1c(N)ncnc1OCCCN(C)C. The van der Waals surface area contributed by atoms with Crippen LogP contribution in [0, 0.1) is 0 Å². The van der Waals surface area contributed by atoms with Crippen LogP contribution in [0.4, 0.5) is 5.82 Å². The molecule has 1 heterocycles. The molecule has 1 aromatic heterocycles. The maximum Gasteiger partial charge on any atom is 0.222 e. The molecular weight excluding hydrogens is 216 g/mol. The van der Waals surface area contributed by atoms with E-state index in [4.69, 9.17) is 10.5 Å². The van der Waals surface area contributed by atoms with Gasteiger partial charge < -0.3 is 15.4 Å². The van der Waals surface area contributed by atoms with E-state index in [1.54, 1.807) is 0 Å². The van der Waals surface area contributed by atoms with Gasteiger partial charge in [-0.3, -0.25) is 0 Å². The Morgan fingerprint density at radius 3 is 2.65 bits per heavy atom. The van der Waals surface area contributed by atoms with Crippen LogP contribution in [0.3, 0.4) is 0 Å². The van der Waals surface area contributed by atoms with Gasteiger partial charge >= 0.3 is 0 Å². The second-order valence-electron chi connectivity index (χ2n) is 4.64. The molecule has 0 atom stereocenters. The first-order valence-electron chi connectivity index (χ1n) is 5.90. The predicted molar refractivity (Wildman–Crippen MR) is 69.2 cm³/mol. The molecule has 1 rings (SSSR count). The average Bonchev–Trinajstić information content (AvgIpc) is 2.23. The number of nitrogens with two attached hydrogens (primary N) is 1. The lowest BCUT2D eigenvalue weighted by molar-refractivity contribution is 0.270. The van der Waals surface area contributed by atoms with Crippen molar-refractivity contribution >= 4 is 5.82 Å². The van der Waals surface area contributed by atoms with Crippen LogP contribution in [0.5, 0.6) is 5.88 Å². The molecule has 5 heteroatoms. The summed E-state index contributed by atoms with van der Waals surface area (Å²) in [6.45, 7) is 5.76. The number of ether oxygens (including phenoxy) is 1. The van der Waals surface area contributed by atoms with Gasteiger partial charge in [0.1, 0.15) is 12.1 Å². The van der Waals surface area contributed by atoms with Crippen LogP contribution < -0.4 is 10.5 Å². The van der Waals surface area contributed by atoms with Gasteiger partial charge in [0.25, 0.3) is 0 Å². The van der Waals surface area contributed by atoms with Gasteiger partial charge in [0.15, 0.2) is 0 Å². The summed E-state index contributed by atoms with van der Waals surface area (Å²) >= 11 is 0. The maximum absolute atomic E-state index is 5.84. The maximum atomic E-state index is 5.84. The third-order valence-electron chi connectivity index (χ3n) is 2.44. The van der Waals surface area contributed by atoms with E-state index in [2.05, 4.69) is 28.7 Å². The van der Waals surface area contributed by atoms with Crippen molar-refractivity contribution in [1.82, 2.24) is 14.9 Å². The van der Waals surface area contributed by atoms with Crippen molar-refractivity contribution in [2.75, 3.05) is 33.0 Å². The zero-order valence-corrected chi connectivity index (χ0v) is 11.1. The van der Waals surface area contributed by atoms with Crippen molar-refractivity contribution < 1.29 is 4.74 Å². The lowest BCUT2D eigenvalue weighted by Crippen LogP contribution is -2.16. The molecule has 0 saturated carbocycles. The summed E-state index contributed by atoms with van der Waals surface area (Å²) in [5, 5.41) is 0. The van der Waals surface area contributed by atoms with E-state index in [1.807, 2.05) is 14.1 Å². The Morgan fingerprint density at radius 2 is 2.06 bits per heavy atom. The van der Waals surface area contributed by atoms with Crippen LogP contribution in [0.1, 0.15) is 31.7 Å². The minimum absolute atomic E-state index is 0.264. The van der Waals surface area contributed by atoms with Gasteiger partial charge in [0.05, 0.1) is 12.2 Å². The fraction of sp³-hybridized carbons (Fsp3) is 0.667. The largest absolute Gasteiger partial charge is 0.477 e. The molecule has 17 heavy (non-hydrogen) atoms. The van der Waals surface area contributed by atoms with Crippen LogP contribution in [-0.2, 0) is 0 Å². The summed E-state index contributed by atoms with van der Waals surface area (Å²) in [5.41, 5.74) is 6.74. The molecule has 0 aliphatic rings. The van der Waals surface area contributed by atoms with Crippen LogP contribution in [0.2, 0.25) is 0 Å². The molecule has 5 nitrogen and oxygen atoms in total. The lowest BCUT2D eigenvalue weighted by Gasteiger charge is -2.14. The molecule has 0 amide bonds. The molecule has 0 aliphatic carbocycles. The van der Waals surface area contributed by atoms with Crippen LogP contribution >= 0.6 is 0 Å². The molecule has 1 aromatic rings. The second-order valence-corrected chi connectivity index (χ2v) is 4.64. The number of nitrogens with zero attached hydrogens (tertiary/aromatic N) is 3. The summed E-state index contributed by atoms with van der Waals surface area (Å²) < 4.78 is 5.67. The highest BCUT2D eigenvalue weighted by molar-refractivity contribution is 5.46. The lowest BCUT2D eigenvalue weighted by atomic mass is 10.1. The average molecular weight is 238 g/mol. The fourth-order valence-electron chi connectivity index (χ4n) is 1.60. The summed E-state index contributed by atoms with van der Waals surface area (Å²) in [7, 11) is 4.09. The van der Waals surface area contributed by atoms with E-state index in [0.29, 0.717) is 18.3 Å². The van der Waals surface area contributed by atoms with Crippen molar-refractivity contribution in [1.29, 1.82) is 0 Å². The Labute approximate surface area is 103 Å². The van der Waals surface area contributed by atoms with Gasteiger partial charge in [0, 0.05) is 6.54 Å². The Morgan fingerprint density at radius 1 is 1.35 bits per heavy atom. The molecule has 0 spiro atoms. The molecule has 0 aliphatic heterocycles. The molecule has 2 N–H and O–H groups in total. The molecule has 96 valence electrons. The van der Waals surface area contributed by atoms with Crippen LogP contribution in [0.25, 0.3) is 0 Å². The van der Waals surface area contributed by atoms with Gasteiger partial charge in [0.2, 0.25) is 5.88 Å².